The van der Waals surface area contributed by atoms with E-state index in [2.05, 4.69) is 20.5 Å². The van der Waals surface area contributed by atoms with Crippen LogP contribution in [0, 0.1) is 0 Å². The summed E-state index contributed by atoms with van der Waals surface area (Å²) in [5.41, 5.74) is 1.51. The van der Waals surface area contributed by atoms with Crippen LogP contribution < -0.4 is 15.6 Å². The van der Waals surface area contributed by atoms with Crippen molar-refractivity contribution in [1.82, 2.24) is 20.5 Å². The molecule has 0 aliphatic carbocycles. The first-order chi connectivity index (χ1) is 12.2. The van der Waals surface area contributed by atoms with Crippen molar-refractivity contribution in [3.8, 4) is 17.0 Å². The largest absolute Gasteiger partial charge is 0.496 e. The normalized spacial score (nSPS) is 10.3. The summed E-state index contributed by atoms with van der Waals surface area (Å²) in [6.45, 7) is 0.245. The van der Waals surface area contributed by atoms with Crippen molar-refractivity contribution in [2.75, 3.05) is 7.11 Å². The topological polar surface area (TPSA) is 97.0 Å². The molecule has 7 nitrogen and oxygen atoms in total. The minimum atomic E-state index is -0.546. The molecule has 1 amide bonds. The number of methoxy groups -OCH3 is 1. The fraction of sp³-hybridized carbons (Fsp3) is 0.111. The number of amides is 1. The highest BCUT2D eigenvalue weighted by Gasteiger charge is 2.13. The van der Waals surface area contributed by atoms with E-state index in [-0.39, 0.29) is 12.1 Å². The highest BCUT2D eigenvalue weighted by molar-refractivity contribution is 5.94. The van der Waals surface area contributed by atoms with E-state index >= 15 is 0 Å². The smallest absolute Gasteiger partial charge is 0.277 e. The molecule has 2 heterocycles. The number of benzene rings is 1. The number of carbonyl (C=O) groups is 1. The molecule has 0 atom stereocenters. The third kappa shape index (κ3) is 3.72. The van der Waals surface area contributed by atoms with Crippen LogP contribution in [-0.4, -0.2) is 28.2 Å². The van der Waals surface area contributed by atoms with Crippen LogP contribution in [0.25, 0.3) is 11.3 Å². The van der Waals surface area contributed by atoms with Crippen LogP contribution in [0.4, 0.5) is 0 Å². The van der Waals surface area contributed by atoms with E-state index in [1.54, 1.807) is 31.6 Å². The fourth-order valence-electron chi connectivity index (χ4n) is 2.36. The van der Waals surface area contributed by atoms with Crippen LogP contribution in [-0.2, 0) is 6.54 Å². The van der Waals surface area contributed by atoms with Crippen molar-refractivity contribution in [2.45, 2.75) is 6.54 Å². The van der Waals surface area contributed by atoms with Gasteiger partial charge in [0.15, 0.2) is 0 Å². The Morgan fingerprint density at radius 1 is 1.20 bits per heavy atom. The summed E-state index contributed by atoms with van der Waals surface area (Å²) in [5, 5.41) is 9.06. The average Bonchev–Trinajstić information content (AvgIpc) is 2.67. The molecule has 0 fully saturated rings. The summed E-state index contributed by atoms with van der Waals surface area (Å²) in [6.07, 6.45) is 3.23. The van der Waals surface area contributed by atoms with Gasteiger partial charge in [-0.15, -0.1) is 0 Å². The zero-order valence-corrected chi connectivity index (χ0v) is 13.5. The van der Waals surface area contributed by atoms with Gasteiger partial charge in [0.25, 0.3) is 11.5 Å². The Kier molecular flexibility index (Phi) is 4.84. The monoisotopic (exact) mass is 336 g/mol. The summed E-state index contributed by atoms with van der Waals surface area (Å²) in [5.74, 6) is 0.189. The second kappa shape index (κ2) is 7.39. The molecule has 126 valence electrons. The maximum atomic E-state index is 12.4. The summed E-state index contributed by atoms with van der Waals surface area (Å²) in [6, 6.07) is 12.3. The molecule has 0 radical (unpaired) electrons. The van der Waals surface area contributed by atoms with Crippen LogP contribution in [0.15, 0.2) is 59.7 Å². The predicted octanol–water partition coefficient (Wildman–Crippen LogP) is 1.77. The first-order valence-corrected chi connectivity index (χ1v) is 7.59. The van der Waals surface area contributed by atoms with E-state index in [1.807, 2.05) is 24.3 Å². The predicted molar refractivity (Wildman–Crippen MR) is 92.3 cm³/mol. The Morgan fingerprint density at radius 3 is 2.72 bits per heavy atom. The molecule has 0 unspecified atom stereocenters. The number of nitrogens with zero attached hydrogens (tertiary/aromatic N) is 2. The molecular weight excluding hydrogens is 320 g/mol. The van der Waals surface area contributed by atoms with Gasteiger partial charge in [-0.3, -0.25) is 14.6 Å². The first kappa shape index (κ1) is 16.4. The lowest BCUT2D eigenvalue weighted by Crippen LogP contribution is -2.29. The molecule has 3 aromatic rings. The van der Waals surface area contributed by atoms with Gasteiger partial charge in [-0.1, -0.05) is 18.2 Å². The molecule has 0 bridgehead atoms. The number of aromatic amines is 1. The minimum Gasteiger partial charge on any atom is -0.496 e. The average molecular weight is 336 g/mol. The molecule has 0 saturated heterocycles. The Morgan fingerprint density at radius 2 is 1.96 bits per heavy atom. The Balaban J connectivity index is 1.81. The van der Waals surface area contributed by atoms with Gasteiger partial charge < -0.3 is 10.1 Å². The number of hydrogen-bond donors (Lipinski definition) is 2. The second-order valence-electron chi connectivity index (χ2n) is 5.23. The maximum Gasteiger partial charge on any atom is 0.277 e. The van der Waals surface area contributed by atoms with Crippen LogP contribution in [0.3, 0.4) is 0 Å². The minimum absolute atomic E-state index is 0.00305. The Bertz CT molecular complexity index is 938. The number of H-pyrrole nitrogens is 1. The van der Waals surface area contributed by atoms with Gasteiger partial charge in [0.05, 0.1) is 12.8 Å². The number of ether oxygens (including phenoxy) is 1. The van der Waals surface area contributed by atoms with E-state index in [0.717, 1.165) is 11.1 Å². The van der Waals surface area contributed by atoms with Crippen LogP contribution >= 0.6 is 0 Å². The highest BCUT2D eigenvalue weighted by atomic mass is 16.5. The van der Waals surface area contributed by atoms with E-state index < -0.39 is 11.5 Å². The third-order valence-corrected chi connectivity index (χ3v) is 3.66. The summed E-state index contributed by atoms with van der Waals surface area (Å²) in [4.78, 5) is 28.3. The van der Waals surface area contributed by atoms with Gasteiger partial charge in [0, 0.05) is 30.1 Å². The van der Waals surface area contributed by atoms with Crippen LogP contribution in [0.2, 0.25) is 0 Å². The second-order valence-corrected chi connectivity index (χ2v) is 5.23. The van der Waals surface area contributed by atoms with E-state index in [4.69, 9.17) is 4.74 Å². The molecule has 1 aromatic carbocycles. The lowest BCUT2D eigenvalue weighted by atomic mass is 10.1. The SMILES string of the molecule is COc1ccccc1CNC(=O)c1cc(-c2ccncc2)n[nH]c1=O. The Hall–Kier alpha value is -3.48. The molecular formula is C18H16N4O3. The van der Waals surface area contributed by atoms with E-state index in [0.29, 0.717) is 11.4 Å². The molecule has 3 rings (SSSR count). The molecule has 2 N–H and O–H groups in total. The number of para-hydroxylation sites is 1. The molecule has 2 aromatic heterocycles. The Labute approximate surface area is 143 Å². The maximum absolute atomic E-state index is 12.4. The number of hydrogen-bond acceptors (Lipinski definition) is 5. The summed E-state index contributed by atoms with van der Waals surface area (Å²) >= 11 is 0. The number of aromatic nitrogens is 3. The first-order valence-electron chi connectivity index (χ1n) is 7.59. The number of pyridine rings is 1. The van der Waals surface area contributed by atoms with Gasteiger partial charge in [0.2, 0.25) is 0 Å². The molecule has 0 saturated carbocycles. The fourth-order valence-corrected chi connectivity index (χ4v) is 2.36. The number of rotatable bonds is 5. The highest BCUT2D eigenvalue weighted by Crippen LogP contribution is 2.17. The molecule has 0 spiro atoms. The van der Waals surface area contributed by atoms with Crippen molar-refractivity contribution >= 4 is 5.91 Å². The number of nitrogens with one attached hydrogen (secondary N) is 2. The molecule has 7 heteroatoms. The van der Waals surface area contributed by atoms with Gasteiger partial charge >= 0.3 is 0 Å². The van der Waals surface area contributed by atoms with Crippen molar-refractivity contribution in [2.24, 2.45) is 0 Å². The molecule has 0 aliphatic rings. The zero-order chi connectivity index (χ0) is 17.6. The van der Waals surface area contributed by atoms with Gasteiger partial charge in [-0.25, -0.2) is 5.10 Å². The van der Waals surface area contributed by atoms with Crippen molar-refractivity contribution in [3.05, 3.63) is 76.3 Å². The van der Waals surface area contributed by atoms with Gasteiger partial charge in [-0.05, 0) is 24.3 Å². The summed E-state index contributed by atoms with van der Waals surface area (Å²) < 4.78 is 5.25. The van der Waals surface area contributed by atoms with Crippen LogP contribution in [0.5, 0.6) is 5.75 Å². The summed E-state index contributed by atoms with van der Waals surface area (Å²) in [7, 11) is 1.56. The molecule has 25 heavy (non-hydrogen) atoms. The standard InChI is InChI=1S/C18H16N4O3/c1-25-16-5-3-2-4-13(16)11-20-17(23)14-10-15(21-22-18(14)24)12-6-8-19-9-7-12/h2-10H,11H2,1H3,(H,20,23)(H,22,24). The molecule has 0 aliphatic heterocycles. The van der Waals surface area contributed by atoms with Crippen LogP contribution in [0.1, 0.15) is 15.9 Å². The quantitative estimate of drug-likeness (QED) is 0.740. The van der Waals surface area contributed by atoms with Crippen molar-refractivity contribution in [3.63, 3.8) is 0 Å². The van der Waals surface area contributed by atoms with Gasteiger partial charge in [-0.2, -0.15) is 5.10 Å². The number of carbonyl (C=O) groups excluding carboxylic acids is 1. The third-order valence-electron chi connectivity index (χ3n) is 3.66. The van der Waals surface area contributed by atoms with Gasteiger partial charge in [0.1, 0.15) is 11.3 Å². The lowest BCUT2D eigenvalue weighted by Gasteiger charge is -2.09. The van der Waals surface area contributed by atoms with E-state index in [1.165, 1.54) is 6.07 Å². The van der Waals surface area contributed by atoms with Crippen molar-refractivity contribution in [1.29, 1.82) is 0 Å². The zero-order valence-electron chi connectivity index (χ0n) is 13.5. The van der Waals surface area contributed by atoms with E-state index in [9.17, 15) is 9.59 Å². The lowest BCUT2D eigenvalue weighted by molar-refractivity contribution is 0.0949. The van der Waals surface area contributed by atoms with Crippen molar-refractivity contribution < 1.29 is 9.53 Å².